The van der Waals surface area contributed by atoms with Crippen molar-refractivity contribution in [2.24, 2.45) is 5.92 Å². The molecule has 0 aromatic carbocycles. The van der Waals surface area contributed by atoms with Crippen molar-refractivity contribution in [2.45, 2.75) is 43.5 Å². The first kappa shape index (κ1) is 16.0. The lowest BCUT2D eigenvalue weighted by Crippen LogP contribution is -2.42. The lowest BCUT2D eigenvalue weighted by atomic mass is 9.86. The van der Waals surface area contributed by atoms with Crippen LogP contribution < -0.4 is 0 Å². The number of pyridine rings is 1. The Morgan fingerprint density at radius 1 is 1.30 bits per heavy atom. The Kier molecular flexibility index (Phi) is 4.95. The molecule has 1 fully saturated rings. The fraction of sp³-hybridized carbons (Fsp3) is 0.615. The summed E-state index contributed by atoms with van der Waals surface area (Å²) in [4.78, 5) is 3.91. The second-order valence-corrected chi connectivity index (χ2v) is 8.06. The monoisotopic (exact) mass is 336 g/mol. The Morgan fingerprint density at radius 3 is 2.55 bits per heavy atom. The second-order valence-electron chi connectivity index (χ2n) is 5.29. The van der Waals surface area contributed by atoms with E-state index in [2.05, 4.69) is 11.9 Å². The van der Waals surface area contributed by atoms with Crippen molar-refractivity contribution < 1.29 is 8.42 Å². The van der Waals surface area contributed by atoms with E-state index in [1.54, 1.807) is 7.05 Å². The molecule has 0 radical (unpaired) electrons. The molecule has 0 N–H and O–H groups in total. The maximum Gasteiger partial charge on any atom is 0.244 e. The summed E-state index contributed by atoms with van der Waals surface area (Å²) in [5.41, 5.74) is 0. The summed E-state index contributed by atoms with van der Waals surface area (Å²) in [6.45, 7) is 2.10. The molecule has 0 aliphatic heterocycles. The summed E-state index contributed by atoms with van der Waals surface area (Å²) in [5, 5.41) is 0.261. The Balaban J connectivity index is 2.31. The van der Waals surface area contributed by atoms with Gasteiger partial charge in [-0.2, -0.15) is 4.31 Å². The molecule has 20 heavy (non-hydrogen) atoms. The molecule has 2 rings (SSSR count). The van der Waals surface area contributed by atoms with E-state index in [1.807, 2.05) is 0 Å². The third kappa shape index (κ3) is 3.11. The van der Waals surface area contributed by atoms with Gasteiger partial charge in [-0.1, -0.05) is 43.0 Å². The molecule has 1 heterocycles. The average molecular weight is 337 g/mol. The summed E-state index contributed by atoms with van der Waals surface area (Å²) in [6, 6.07) is 1.39. The highest BCUT2D eigenvalue weighted by molar-refractivity contribution is 7.89. The van der Waals surface area contributed by atoms with Crippen LogP contribution in [0.2, 0.25) is 10.2 Å². The first-order valence-corrected chi connectivity index (χ1v) is 8.82. The number of nitrogens with zero attached hydrogens (tertiary/aromatic N) is 2. The van der Waals surface area contributed by atoms with E-state index in [1.165, 1.54) is 23.0 Å². The molecule has 1 aliphatic rings. The highest BCUT2D eigenvalue weighted by Crippen LogP contribution is 2.31. The molecular weight excluding hydrogens is 319 g/mol. The van der Waals surface area contributed by atoms with Crippen molar-refractivity contribution in [3.8, 4) is 0 Å². The topological polar surface area (TPSA) is 50.3 Å². The van der Waals surface area contributed by atoms with Gasteiger partial charge in [0.25, 0.3) is 0 Å². The van der Waals surface area contributed by atoms with E-state index >= 15 is 0 Å². The van der Waals surface area contributed by atoms with Crippen LogP contribution in [-0.4, -0.2) is 30.8 Å². The predicted octanol–water partition coefficient (Wildman–Crippen LogP) is 3.59. The van der Waals surface area contributed by atoms with Gasteiger partial charge in [-0.3, -0.25) is 0 Å². The van der Waals surface area contributed by atoms with Gasteiger partial charge >= 0.3 is 0 Å². The summed E-state index contributed by atoms with van der Waals surface area (Å²) in [6.07, 6.45) is 5.44. The third-order valence-corrected chi connectivity index (χ3v) is 6.52. The molecule has 1 saturated carbocycles. The van der Waals surface area contributed by atoms with E-state index in [0.717, 1.165) is 19.3 Å². The number of sulfonamides is 1. The summed E-state index contributed by atoms with van der Waals surface area (Å²) >= 11 is 11.6. The van der Waals surface area contributed by atoms with Gasteiger partial charge in [0.05, 0.1) is 5.02 Å². The van der Waals surface area contributed by atoms with Gasteiger partial charge in [-0.25, -0.2) is 13.4 Å². The zero-order valence-electron chi connectivity index (χ0n) is 11.5. The first-order valence-electron chi connectivity index (χ1n) is 6.63. The van der Waals surface area contributed by atoms with Gasteiger partial charge in [0.2, 0.25) is 10.0 Å². The van der Waals surface area contributed by atoms with Crippen molar-refractivity contribution in [1.29, 1.82) is 0 Å². The second kappa shape index (κ2) is 6.18. The SMILES string of the molecule is CC1CCCCC1N(C)S(=O)(=O)c1cnc(Cl)c(Cl)c1. The molecule has 7 heteroatoms. The molecule has 0 bridgehead atoms. The van der Waals surface area contributed by atoms with Gasteiger partial charge in [0, 0.05) is 19.3 Å². The quantitative estimate of drug-likeness (QED) is 0.792. The summed E-state index contributed by atoms with van der Waals surface area (Å²) in [5.74, 6) is 0.360. The average Bonchev–Trinajstić information content (AvgIpc) is 2.41. The van der Waals surface area contributed by atoms with Crippen molar-refractivity contribution in [3.05, 3.63) is 22.4 Å². The predicted molar refractivity (Wildman–Crippen MR) is 80.6 cm³/mol. The molecular formula is C13H18Cl2N2O2S. The molecule has 0 saturated heterocycles. The number of rotatable bonds is 3. The van der Waals surface area contributed by atoms with Gasteiger partial charge in [-0.15, -0.1) is 0 Å². The summed E-state index contributed by atoms with van der Waals surface area (Å²) < 4.78 is 26.7. The highest BCUT2D eigenvalue weighted by Gasteiger charge is 2.33. The zero-order chi connectivity index (χ0) is 14.9. The van der Waals surface area contributed by atoms with E-state index in [0.29, 0.717) is 5.92 Å². The van der Waals surface area contributed by atoms with Crippen molar-refractivity contribution >= 4 is 33.2 Å². The molecule has 0 amide bonds. The lowest BCUT2D eigenvalue weighted by Gasteiger charge is -2.35. The molecule has 0 spiro atoms. The van der Waals surface area contributed by atoms with Crippen LogP contribution in [0.1, 0.15) is 32.6 Å². The number of halogens is 2. The minimum absolute atomic E-state index is 0.0307. The largest absolute Gasteiger partial charge is 0.244 e. The Morgan fingerprint density at radius 2 is 1.95 bits per heavy atom. The van der Waals surface area contributed by atoms with Gasteiger partial charge in [0.15, 0.2) is 0 Å². The van der Waals surface area contributed by atoms with Crippen LogP contribution in [0, 0.1) is 5.92 Å². The van der Waals surface area contributed by atoms with Crippen molar-refractivity contribution in [1.82, 2.24) is 9.29 Å². The fourth-order valence-corrected chi connectivity index (χ4v) is 4.52. The number of hydrogen-bond acceptors (Lipinski definition) is 3. The van der Waals surface area contributed by atoms with Crippen LogP contribution in [0.3, 0.4) is 0 Å². The molecule has 1 aromatic heterocycles. The Labute approximate surface area is 130 Å². The van der Waals surface area contributed by atoms with E-state index in [-0.39, 0.29) is 21.1 Å². The normalized spacial score (nSPS) is 24.1. The fourth-order valence-electron chi connectivity index (χ4n) is 2.73. The molecule has 112 valence electrons. The van der Waals surface area contributed by atoms with Crippen molar-refractivity contribution in [2.75, 3.05) is 7.05 Å². The van der Waals surface area contributed by atoms with Crippen molar-refractivity contribution in [3.63, 3.8) is 0 Å². The molecule has 2 atom stereocenters. The lowest BCUT2D eigenvalue weighted by molar-refractivity contribution is 0.213. The van der Waals surface area contributed by atoms with E-state index in [9.17, 15) is 8.42 Å². The van der Waals surface area contributed by atoms with Gasteiger partial charge < -0.3 is 0 Å². The standard InChI is InChI=1S/C13H18Cl2N2O2S/c1-9-5-3-4-6-12(9)17(2)20(18,19)10-7-11(14)13(15)16-8-10/h7-9,12H,3-6H2,1-2H3. The van der Waals surface area contributed by atoms with Crippen LogP contribution in [-0.2, 0) is 10.0 Å². The van der Waals surface area contributed by atoms with Gasteiger partial charge in [0.1, 0.15) is 10.0 Å². The minimum Gasteiger partial charge on any atom is -0.242 e. The van der Waals surface area contributed by atoms with E-state index < -0.39 is 10.0 Å². The molecule has 1 aliphatic carbocycles. The molecule has 1 aromatic rings. The first-order chi connectivity index (χ1) is 9.34. The maximum atomic E-state index is 12.6. The summed E-state index contributed by atoms with van der Waals surface area (Å²) in [7, 11) is -1.95. The van der Waals surface area contributed by atoms with Crippen LogP contribution in [0.15, 0.2) is 17.2 Å². The third-order valence-electron chi connectivity index (χ3n) is 3.98. The van der Waals surface area contributed by atoms with Crippen LogP contribution >= 0.6 is 23.2 Å². The molecule has 2 unspecified atom stereocenters. The number of aromatic nitrogens is 1. The van der Waals surface area contributed by atoms with Crippen LogP contribution in [0.25, 0.3) is 0 Å². The number of hydrogen-bond donors (Lipinski definition) is 0. The maximum absolute atomic E-state index is 12.6. The van der Waals surface area contributed by atoms with E-state index in [4.69, 9.17) is 23.2 Å². The van der Waals surface area contributed by atoms with Crippen LogP contribution in [0.5, 0.6) is 0 Å². The zero-order valence-corrected chi connectivity index (χ0v) is 13.8. The Hall–Kier alpha value is -0.360. The minimum atomic E-state index is -3.58. The van der Waals surface area contributed by atoms with Crippen LogP contribution in [0.4, 0.5) is 0 Å². The Bertz CT molecular complexity index is 592. The smallest absolute Gasteiger partial charge is 0.242 e. The van der Waals surface area contributed by atoms with Gasteiger partial charge in [-0.05, 0) is 24.8 Å². The molecule has 4 nitrogen and oxygen atoms in total. The highest BCUT2D eigenvalue weighted by atomic mass is 35.5.